The van der Waals surface area contributed by atoms with Crippen LogP contribution in [-0.2, 0) is 28.4 Å². The molecule has 18 heteroatoms. The number of rotatable bonds is 12. The van der Waals surface area contributed by atoms with Crippen molar-refractivity contribution in [1.29, 1.82) is 0 Å². The quantitative estimate of drug-likeness (QED) is 0.0874. The Balaban J connectivity index is 1.27. The van der Waals surface area contributed by atoms with E-state index in [0.717, 1.165) is 5.57 Å². The van der Waals surface area contributed by atoms with Gasteiger partial charge in [-0.2, -0.15) is 0 Å². The van der Waals surface area contributed by atoms with E-state index in [2.05, 4.69) is 26.8 Å². The van der Waals surface area contributed by atoms with Gasteiger partial charge in [-0.15, -0.1) is 0 Å². The molecule has 0 bridgehead atoms. The molecule has 376 valence electrons. The normalized spacial score (nSPS) is 53.0. The van der Waals surface area contributed by atoms with Gasteiger partial charge < -0.3 is 89.7 Å². The maximum atomic E-state index is 12.7. The van der Waals surface area contributed by atoms with E-state index in [9.17, 15) is 61.3 Å². The molecule has 4 saturated carbocycles. The predicted octanol–water partition coefficient (Wildman–Crippen LogP) is -0.417. The lowest BCUT2D eigenvalue weighted by Gasteiger charge is -2.72. The molecule has 7 rings (SSSR count). The Morgan fingerprint density at radius 3 is 1.94 bits per heavy atom. The molecule has 3 heterocycles. The van der Waals surface area contributed by atoms with E-state index in [1.165, 1.54) is 0 Å². The second-order valence-electron chi connectivity index (χ2n) is 22.6. The lowest BCUT2D eigenvalue weighted by atomic mass is 9.34. The van der Waals surface area contributed by atoms with Gasteiger partial charge in [0.25, 0.3) is 0 Å². The zero-order valence-electron chi connectivity index (χ0n) is 39.3. The summed E-state index contributed by atoms with van der Waals surface area (Å²) < 4.78 is 37.7. The molecule has 65 heavy (non-hydrogen) atoms. The molecular weight excluding hydrogens is 852 g/mol. The van der Waals surface area contributed by atoms with E-state index in [-0.39, 0.29) is 30.3 Å². The van der Waals surface area contributed by atoms with Crippen molar-refractivity contribution < 1.29 is 89.7 Å². The molecule has 3 unspecified atom stereocenters. The fourth-order valence-corrected chi connectivity index (χ4v) is 14.6. The van der Waals surface area contributed by atoms with Gasteiger partial charge in [-0.25, -0.2) is 0 Å². The summed E-state index contributed by atoms with van der Waals surface area (Å²) in [6, 6.07) is 0. The molecule has 3 saturated heterocycles. The molecule has 12 N–H and O–H groups in total. The minimum absolute atomic E-state index is 0.0828. The van der Waals surface area contributed by atoms with Gasteiger partial charge in [-0.1, -0.05) is 46.3 Å². The maximum Gasteiger partial charge on any atom is 0.187 e. The SMILES string of the molecule is CC(C)=CCC[C@](C)(O[C@@H]1O[C@H](CO)[C@@H](O)[C@H](O)[C@H]1O)[C@H]1CC[C@]2(C)[C@@H]1C(O)C[C@@H]1[C@@]3(C)CCC(O)C(C)(C)[C@@H]3C(O[C@@H]3O[C@H](CO)[C@@H](O)[C@H](O)[C@H]3O[C@@H]3OC[C@@H](O)[C@H](O)[C@H]3O)C[C@]12C. The zero-order chi connectivity index (χ0) is 47.9. The van der Waals surface area contributed by atoms with E-state index < -0.39 is 145 Å². The summed E-state index contributed by atoms with van der Waals surface area (Å²) in [5.41, 5.74) is -2.41. The molecule has 0 aromatic rings. The molecule has 7 aliphatic rings. The molecule has 0 amide bonds. The van der Waals surface area contributed by atoms with E-state index >= 15 is 0 Å². The van der Waals surface area contributed by atoms with Crippen LogP contribution in [0.1, 0.15) is 107 Å². The highest BCUT2D eigenvalue weighted by molar-refractivity contribution is 5.22. The fraction of sp³-hybridized carbons (Fsp3) is 0.957. The highest BCUT2D eigenvalue weighted by atomic mass is 16.8. The first-order chi connectivity index (χ1) is 30.3. The van der Waals surface area contributed by atoms with Crippen LogP contribution in [0.15, 0.2) is 11.6 Å². The summed E-state index contributed by atoms with van der Waals surface area (Å²) in [6.07, 6.45) is -17.2. The summed E-state index contributed by atoms with van der Waals surface area (Å²) in [7, 11) is 0. The maximum absolute atomic E-state index is 12.7. The van der Waals surface area contributed by atoms with Crippen molar-refractivity contribution in [2.75, 3.05) is 19.8 Å². The van der Waals surface area contributed by atoms with Crippen molar-refractivity contribution in [3.05, 3.63) is 11.6 Å². The topological polar surface area (TPSA) is 298 Å². The number of hydrogen-bond acceptors (Lipinski definition) is 18. The van der Waals surface area contributed by atoms with Gasteiger partial charge >= 0.3 is 0 Å². The van der Waals surface area contributed by atoms with Crippen LogP contribution in [0, 0.1) is 45.3 Å². The molecule has 25 atom stereocenters. The summed E-state index contributed by atoms with van der Waals surface area (Å²) in [6.45, 7) is 15.0. The van der Waals surface area contributed by atoms with Crippen LogP contribution in [0.3, 0.4) is 0 Å². The van der Waals surface area contributed by atoms with E-state index in [0.29, 0.717) is 51.4 Å². The summed E-state index contributed by atoms with van der Waals surface area (Å²) in [4.78, 5) is 0. The number of aliphatic hydroxyl groups excluding tert-OH is 12. The first-order valence-corrected chi connectivity index (χ1v) is 23.9. The van der Waals surface area contributed by atoms with Gasteiger partial charge in [0.15, 0.2) is 18.9 Å². The molecule has 0 aromatic heterocycles. The third kappa shape index (κ3) is 8.72. The standard InChI is InChI=1S/C47H80O18/c1-21(2)10-9-13-47(8,65-41-37(59)34(56)32(54)26(18-48)62-41)22-11-15-45(6)30(22)23(50)16-28-44(5)14-12-29(52)43(3,4)39(44)25(17-46(28,45)7)61-42-38(35(57)33(55)27(19-49)63-42)64-40-36(58)31(53)24(51)20-60-40/h10,22-42,48-59H,9,11-20H2,1-8H3/t22-,23?,24+,25?,26+,27+,28+,29?,30-,31-,32+,33+,34-,35-,36+,37+,38+,39-,40-,41-,42+,44+,45+,46+,47-/m0/s1. The second-order valence-corrected chi connectivity index (χ2v) is 22.6. The van der Waals surface area contributed by atoms with Crippen LogP contribution in [0.4, 0.5) is 0 Å². The Morgan fingerprint density at radius 1 is 0.692 bits per heavy atom. The molecule has 4 aliphatic carbocycles. The third-order valence-electron chi connectivity index (χ3n) is 18.3. The van der Waals surface area contributed by atoms with Gasteiger partial charge in [0.2, 0.25) is 0 Å². The van der Waals surface area contributed by atoms with Crippen LogP contribution >= 0.6 is 0 Å². The summed E-state index contributed by atoms with van der Waals surface area (Å²) in [5.74, 6) is -1.11. The predicted molar refractivity (Wildman–Crippen MR) is 229 cm³/mol. The molecular formula is C47H80O18. The first-order valence-electron chi connectivity index (χ1n) is 23.9. The van der Waals surface area contributed by atoms with Gasteiger partial charge in [-0.05, 0) is 117 Å². The number of hydrogen-bond donors (Lipinski definition) is 12. The Morgan fingerprint density at radius 2 is 1.31 bits per heavy atom. The Kier molecular flexibility index (Phi) is 15.1. The van der Waals surface area contributed by atoms with Crippen LogP contribution in [0.5, 0.6) is 0 Å². The number of aliphatic hydroxyl groups is 12. The molecule has 0 radical (unpaired) electrons. The van der Waals surface area contributed by atoms with E-state index in [4.69, 9.17) is 28.4 Å². The number of ether oxygens (including phenoxy) is 6. The van der Waals surface area contributed by atoms with Crippen molar-refractivity contribution in [2.45, 2.75) is 217 Å². The Hall–Kier alpha value is -0.980. The molecule has 0 spiro atoms. The first kappa shape index (κ1) is 51.9. The number of fused-ring (bicyclic) bond motifs is 5. The average molecular weight is 933 g/mol. The summed E-state index contributed by atoms with van der Waals surface area (Å²) in [5, 5.41) is 131. The van der Waals surface area contributed by atoms with Crippen molar-refractivity contribution >= 4 is 0 Å². The van der Waals surface area contributed by atoms with Gasteiger partial charge in [0.1, 0.15) is 67.1 Å². The zero-order valence-corrected chi connectivity index (χ0v) is 39.3. The number of allylic oxidation sites excluding steroid dienone is 2. The Labute approximate surface area is 382 Å². The lowest BCUT2D eigenvalue weighted by molar-refractivity contribution is -0.377. The smallest absolute Gasteiger partial charge is 0.187 e. The van der Waals surface area contributed by atoms with Crippen LogP contribution in [0.25, 0.3) is 0 Å². The lowest BCUT2D eigenvalue weighted by Crippen LogP contribution is -2.71. The Bertz CT molecular complexity index is 1660. The minimum Gasteiger partial charge on any atom is -0.394 e. The van der Waals surface area contributed by atoms with Crippen LogP contribution < -0.4 is 0 Å². The van der Waals surface area contributed by atoms with Crippen molar-refractivity contribution in [2.24, 2.45) is 45.3 Å². The van der Waals surface area contributed by atoms with Gasteiger partial charge in [0.05, 0.1) is 43.7 Å². The monoisotopic (exact) mass is 933 g/mol. The van der Waals surface area contributed by atoms with Gasteiger partial charge in [0, 0.05) is 0 Å². The van der Waals surface area contributed by atoms with Crippen molar-refractivity contribution in [3.63, 3.8) is 0 Å². The van der Waals surface area contributed by atoms with Gasteiger partial charge in [-0.3, -0.25) is 0 Å². The molecule has 0 aromatic carbocycles. The van der Waals surface area contributed by atoms with Crippen LogP contribution in [0.2, 0.25) is 0 Å². The second kappa shape index (κ2) is 19.0. The van der Waals surface area contributed by atoms with E-state index in [1.54, 1.807) is 0 Å². The summed E-state index contributed by atoms with van der Waals surface area (Å²) >= 11 is 0. The average Bonchev–Trinajstić information content (AvgIpc) is 3.63. The third-order valence-corrected chi connectivity index (χ3v) is 18.3. The van der Waals surface area contributed by atoms with Crippen LogP contribution in [-0.4, -0.2) is 191 Å². The largest absolute Gasteiger partial charge is 0.394 e. The van der Waals surface area contributed by atoms with Crippen molar-refractivity contribution in [1.82, 2.24) is 0 Å². The molecule has 3 aliphatic heterocycles. The fourth-order valence-electron chi connectivity index (χ4n) is 14.6. The molecule has 7 fully saturated rings. The highest BCUT2D eigenvalue weighted by Gasteiger charge is 2.74. The van der Waals surface area contributed by atoms with Crippen molar-refractivity contribution in [3.8, 4) is 0 Å². The minimum atomic E-state index is -1.73. The van der Waals surface area contributed by atoms with E-state index in [1.807, 2.05) is 34.6 Å². The highest BCUT2D eigenvalue weighted by Crippen LogP contribution is 2.76. The molecule has 18 nitrogen and oxygen atoms in total.